The number of nitrogen functional groups attached to an aromatic ring is 1. The smallest absolute Gasteiger partial charge is 0.122 e. The van der Waals surface area contributed by atoms with E-state index in [1.165, 1.54) is 44.2 Å². The predicted molar refractivity (Wildman–Crippen MR) is 80.4 cm³/mol. The molecule has 0 radical (unpaired) electrons. The topological polar surface area (TPSA) is 53.1 Å². The van der Waals surface area contributed by atoms with Crippen LogP contribution >= 0.6 is 0 Å². The van der Waals surface area contributed by atoms with E-state index in [2.05, 4.69) is 24.0 Å². The number of nitrogens with two attached hydrogens (primary N) is 1. The van der Waals surface area contributed by atoms with Crippen LogP contribution in [-0.4, -0.2) is 23.3 Å². The molecule has 1 saturated heterocycles. The van der Waals surface area contributed by atoms with E-state index in [1.807, 2.05) is 12.1 Å². The van der Waals surface area contributed by atoms with Gasteiger partial charge in [-0.15, -0.1) is 0 Å². The van der Waals surface area contributed by atoms with Gasteiger partial charge in [-0.1, -0.05) is 38.0 Å². The summed E-state index contributed by atoms with van der Waals surface area (Å²) in [5, 5.41) is 7.53. The number of amidine groups is 1. The first-order chi connectivity index (χ1) is 9.20. The van der Waals surface area contributed by atoms with E-state index in [0.717, 1.165) is 12.1 Å². The third-order valence-electron chi connectivity index (χ3n) is 4.09. The molecule has 3 heteroatoms. The van der Waals surface area contributed by atoms with Crippen LogP contribution in [0, 0.1) is 5.41 Å². The molecule has 1 unspecified atom stereocenters. The Labute approximate surface area is 116 Å². The Balaban J connectivity index is 2.09. The van der Waals surface area contributed by atoms with E-state index >= 15 is 0 Å². The van der Waals surface area contributed by atoms with Crippen LogP contribution in [-0.2, 0) is 6.54 Å². The highest BCUT2D eigenvalue weighted by atomic mass is 15.2. The van der Waals surface area contributed by atoms with Crippen molar-refractivity contribution in [3.63, 3.8) is 0 Å². The van der Waals surface area contributed by atoms with Crippen LogP contribution in [0.1, 0.15) is 50.2 Å². The highest BCUT2D eigenvalue weighted by Crippen LogP contribution is 2.21. The Bertz CT molecular complexity index is 428. The van der Waals surface area contributed by atoms with E-state index in [9.17, 15) is 0 Å². The number of likely N-dealkylation sites (tertiary alicyclic amines) is 1. The van der Waals surface area contributed by atoms with E-state index in [1.54, 1.807) is 0 Å². The maximum Gasteiger partial charge on any atom is 0.122 e. The van der Waals surface area contributed by atoms with Crippen molar-refractivity contribution in [3.8, 4) is 0 Å². The molecule has 3 N–H and O–H groups in total. The molecular formula is C16H25N3. The fourth-order valence-corrected chi connectivity index (χ4v) is 2.98. The van der Waals surface area contributed by atoms with Gasteiger partial charge in [0.15, 0.2) is 0 Å². The average molecular weight is 259 g/mol. The van der Waals surface area contributed by atoms with Crippen molar-refractivity contribution in [1.82, 2.24) is 4.90 Å². The predicted octanol–water partition coefficient (Wildman–Crippen LogP) is 3.13. The molecule has 1 fully saturated rings. The Morgan fingerprint density at radius 2 is 2.21 bits per heavy atom. The molecule has 0 aliphatic carbocycles. The Hall–Kier alpha value is -1.35. The van der Waals surface area contributed by atoms with Crippen molar-refractivity contribution in [3.05, 3.63) is 35.4 Å². The lowest BCUT2D eigenvalue weighted by Gasteiger charge is -2.29. The summed E-state index contributed by atoms with van der Waals surface area (Å²) in [5.41, 5.74) is 7.67. The van der Waals surface area contributed by atoms with Crippen molar-refractivity contribution >= 4 is 5.84 Å². The first kappa shape index (κ1) is 14.1. The fourth-order valence-electron chi connectivity index (χ4n) is 2.98. The summed E-state index contributed by atoms with van der Waals surface area (Å²) >= 11 is 0. The second-order valence-corrected chi connectivity index (χ2v) is 5.50. The lowest BCUT2D eigenvalue weighted by atomic mass is 10.1. The molecule has 1 atom stereocenters. The minimum Gasteiger partial charge on any atom is -0.384 e. The first-order valence-electron chi connectivity index (χ1n) is 7.38. The standard InChI is InChI=1S/C16H25N3/c1-2-15-9-4-3-5-10-19(15)12-13-7-6-8-14(11-13)16(17)18/h6-8,11,15H,2-5,9-10,12H2,1H3,(H3,17,18). The van der Waals surface area contributed by atoms with Crippen molar-refractivity contribution in [2.24, 2.45) is 5.73 Å². The molecule has 1 aromatic carbocycles. The summed E-state index contributed by atoms with van der Waals surface area (Å²) < 4.78 is 0. The molecule has 1 aliphatic rings. The van der Waals surface area contributed by atoms with Crippen molar-refractivity contribution in [1.29, 1.82) is 5.41 Å². The highest BCUT2D eigenvalue weighted by molar-refractivity contribution is 5.95. The van der Waals surface area contributed by atoms with Crippen LogP contribution < -0.4 is 5.73 Å². The summed E-state index contributed by atoms with van der Waals surface area (Å²) in [7, 11) is 0. The van der Waals surface area contributed by atoms with E-state index in [-0.39, 0.29) is 5.84 Å². The van der Waals surface area contributed by atoms with Gasteiger partial charge in [0.05, 0.1) is 0 Å². The van der Waals surface area contributed by atoms with Crippen LogP contribution in [0.4, 0.5) is 0 Å². The van der Waals surface area contributed by atoms with Crippen molar-refractivity contribution < 1.29 is 0 Å². The largest absolute Gasteiger partial charge is 0.384 e. The molecule has 104 valence electrons. The van der Waals surface area contributed by atoms with E-state index < -0.39 is 0 Å². The summed E-state index contributed by atoms with van der Waals surface area (Å²) in [5.74, 6) is 0.157. The maximum absolute atomic E-state index is 7.53. The molecule has 1 heterocycles. The molecule has 1 aromatic rings. The second kappa shape index (κ2) is 6.71. The number of rotatable bonds is 4. The van der Waals surface area contributed by atoms with Crippen LogP contribution in [0.3, 0.4) is 0 Å². The molecule has 0 aromatic heterocycles. The van der Waals surface area contributed by atoms with E-state index in [4.69, 9.17) is 11.1 Å². The van der Waals surface area contributed by atoms with Gasteiger partial charge in [-0.05, 0) is 37.4 Å². The zero-order valence-electron chi connectivity index (χ0n) is 11.9. The minimum atomic E-state index is 0.157. The molecule has 0 amide bonds. The molecule has 0 spiro atoms. The monoisotopic (exact) mass is 259 g/mol. The second-order valence-electron chi connectivity index (χ2n) is 5.50. The number of benzene rings is 1. The van der Waals surface area contributed by atoms with Gasteiger partial charge in [-0.3, -0.25) is 10.3 Å². The van der Waals surface area contributed by atoms with Crippen LogP contribution in [0.25, 0.3) is 0 Å². The van der Waals surface area contributed by atoms with Gasteiger partial charge in [-0.25, -0.2) is 0 Å². The van der Waals surface area contributed by atoms with Gasteiger partial charge in [0.25, 0.3) is 0 Å². The molecule has 1 aliphatic heterocycles. The molecule has 0 bridgehead atoms. The number of nitrogens with zero attached hydrogens (tertiary/aromatic N) is 1. The lowest BCUT2D eigenvalue weighted by Crippen LogP contribution is -2.33. The fraction of sp³-hybridized carbons (Fsp3) is 0.562. The third kappa shape index (κ3) is 3.80. The maximum atomic E-state index is 7.53. The zero-order chi connectivity index (χ0) is 13.7. The molecule has 2 rings (SSSR count). The molecule has 19 heavy (non-hydrogen) atoms. The van der Waals surface area contributed by atoms with Crippen LogP contribution in [0.5, 0.6) is 0 Å². The SMILES string of the molecule is CCC1CCCCCN1Cc1cccc(C(=N)N)c1. The van der Waals surface area contributed by atoms with Crippen LogP contribution in [0.15, 0.2) is 24.3 Å². The van der Waals surface area contributed by atoms with Gasteiger partial charge < -0.3 is 5.73 Å². The van der Waals surface area contributed by atoms with E-state index in [0.29, 0.717) is 6.04 Å². The van der Waals surface area contributed by atoms with Gasteiger partial charge in [0, 0.05) is 18.2 Å². The number of hydrogen-bond acceptors (Lipinski definition) is 2. The summed E-state index contributed by atoms with van der Waals surface area (Å²) in [4.78, 5) is 2.60. The lowest BCUT2D eigenvalue weighted by molar-refractivity contribution is 0.186. The normalized spacial score (nSPS) is 21.0. The Morgan fingerprint density at radius 1 is 1.37 bits per heavy atom. The first-order valence-corrected chi connectivity index (χ1v) is 7.38. The average Bonchev–Trinajstić information content (AvgIpc) is 2.64. The third-order valence-corrected chi connectivity index (χ3v) is 4.09. The Morgan fingerprint density at radius 3 is 2.95 bits per heavy atom. The van der Waals surface area contributed by atoms with Gasteiger partial charge >= 0.3 is 0 Å². The van der Waals surface area contributed by atoms with Gasteiger partial charge in [0.2, 0.25) is 0 Å². The van der Waals surface area contributed by atoms with Crippen molar-refractivity contribution in [2.75, 3.05) is 6.54 Å². The van der Waals surface area contributed by atoms with Crippen molar-refractivity contribution in [2.45, 2.75) is 51.6 Å². The number of hydrogen-bond donors (Lipinski definition) is 2. The Kier molecular flexibility index (Phi) is 4.97. The van der Waals surface area contributed by atoms with Gasteiger partial charge in [0.1, 0.15) is 5.84 Å². The molecule has 0 saturated carbocycles. The highest BCUT2D eigenvalue weighted by Gasteiger charge is 2.19. The summed E-state index contributed by atoms with van der Waals surface area (Å²) in [6, 6.07) is 8.82. The quantitative estimate of drug-likeness (QED) is 0.645. The molecular weight excluding hydrogens is 234 g/mol. The van der Waals surface area contributed by atoms with Crippen LogP contribution in [0.2, 0.25) is 0 Å². The molecule has 3 nitrogen and oxygen atoms in total. The summed E-state index contributed by atoms with van der Waals surface area (Å²) in [6.07, 6.45) is 6.58. The zero-order valence-corrected chi connectivity index (χ0v) is 11.9. The number of nitrogens with one attached hydrogen (secondary N) is 1. The minimum absolute atomic E-state index is 0.157. The summed E-state index contributed by atoms with van der Waals surface area (Å²) in [6.45, 7) is 4.47. The van der Waals surface area contributed by atoms with Gasteiger partial charge in [-0.2, -0.15) is 0 Å².